The molecule has 102 valence electrons. The molecule has 0 aliphatic rings. The van der Waals surface area contributed by atoms with E-state index < -0.39 is 0 Å². The Morgan fingerprint density at radius 1 is 1.53 bits per heavy atom. The molecular formula is C13H15ClFN3O. The summed E-state index contributed by atoms with van der Waals surface area (Å²) in [5, 5.41) is 2.73. The molecular weight excluding hydrogens is 269 g/mol. The summed E-state index contributed by atoms with van der Waals surface area (Å²) in [6, 6.07) is 4.76. The van der Waals surface area contributed by atoms with Gasteiger partial charge in [0.2, 0.25) is 5.91 Å². The zero-order valence-corrected chi connectivity index (χ0v) is 11.4. The minimum absolute atomic E-state index is 0.0405. The Balaban J connectivity index is 2.30. The highest BCUT2D eigenvalue weighted by molar-refractivity contribution is 6.16. The van der Waals surface area contributed by atoms with Crippen molar-refractivity contribution in [3.8, 4) is 0 Å². The molecule has 1 amide bonds. The van der Waals surface area contributed by atoms with Gasteiger partial charge in [-0.1, -0.05) is 6.07 Å². The molecule has 0 fully saturated rings. The Morgan fingerprint density at radius 3 is 3.00 bits per heavy atom. The third-order valence-electron chi connectivity index (χ3n) is 2.86. The highest BCUT2D eigenvalue weighted by Crippen LogP contribution is 2.20. The minimum atomic E-state index is -0.374. The molecule has 0 spiro atoms. The van der Waals surface area contributed by atoms with Crippen LogP contribution in [-0.2, 0) is 17.2 Å². The van der Waals surface area contributed by atoms with Crippen molar-refractivity contribution < 1.29 is 9.18 Å². The zero-order chi connectivity index (χ0) is 13.8. The normalized spacial score (nSPS) is 10.9. The van der Waals surface area contributed by atoms with Gasteiger partial charge in [0.05, 0.1) is 11.4 Å². The maximum Gasteiger partial charge on any atom is 0.221 e. The van der Waals surface area contributed by atoms with Gasteiger partial charge >= 0.3 is 0 Å². The second kappa shape index (κ2) is 6.02. The van der Waals surface area contributed by atoms with Gasteiger partial charge in [-0.3, -0.25) is 4.79 Å². The third-order valence-corrected chi connectivity index (χ3v) is 3.10. The van der Waals surface area contributed by atoms with Crippen molar-refractivity contribution in [1.82, 2.24) is 14.9 Å². The molecule has 0 bridgehead atoms. The summed E-state index contributed by atoms with van der Waals surface area (Å²) in [5.41, 5.74) is 0.967. The molecule has 0 aliphatic carbocycles. The summed E-state index contributed by atoms with van der Waals surface area (Å²) in [7, 11) is 0. The fraction of sp³-hybridized carbons (Fsp3) is 0.385. The SMILES string of the molecule is CCNC(=O)CCn1c(CCl)nc2c(F)cccc21. The number of alkyl halides is 1. The van der Waals surface area contributed by atoms with Gasteiger partial charge in [-0.05, 0) is 19.1 Å². The molecule has 0 saturated carbocycles. The third kappa shape index (κ3) is 2.87. The van der Waals surface area contributed by atoms with Crippen LogP contribution in [0.1, 0.15) is 19.2 Å². The molecule has 0 radical (unpaired) electrons. The Labute approximate surface area is 115 Å². The molecule has 0 unspecified atom stereocenters. The van der Waals surface area contributed by atoms with E-state index in [1.807, 2.05) is 6.92 Å². The van der Waals surface area contributed by atoms with Crippen molar-refractivity contribution in [3.05, 3.63) is 29.8 Å². The van der Waals surface area contributed by atoms with Crippen molar-refractivity contribution in [2.24, 2.45) is 0 Å². The topological polar surface area (TPSA) is 46.9 Å². The molecule has 19 heavy (non-hydrogen) atoms. The van der Waals surface area contributed by atoms with Gasteiger partial charge in [0.15, 0.2) is 5.82 Å². The van der Waals surface area contributed by atoms with Gasteiger partial charge in [0.1, 0.15) is 11.3 Å². The minimum Gasteiger partial charge on any atom is -0.356 e. The molecule has 1 N–H and O–H groups in total. The highest BCUT2D eigenvalue weighted by atomic mass is 35.5. The van der Waals surface area contributed by atoms with Crippen LogP contribution in [0.3, 0.4) is 0 Å². The average Bonchev–Trinajstić information content (AvgIpc) is 2.76. The van der Waals surface area contributed by atoms with Crippen LogP contribution in [0.5, 0.6) is 0 Å². The van der Waals surface area contributed by atoms with E-state index in [4.69, 9.17) is 11.6 Å². The Hall–Kier alpha value is -1.62. The van der Waals surface area contributed by atoms with Crippen LogP contribution in [0.25, 0.3) is 11.0 Å². The number of rotatable bonds is 5. The second-order valence-electron chi connectivity index (χ2n) is 4.12. The molecule has 4 nitrogen and oxygen atoms in total. The number of hydrogen-bond acceptors (Lipinski definition) is 2. The molecule has 1 heterocycles. The number of hydrogen-bond donors (Lipinski definition) is 1. The zero-order valence-electron chi connectivity index (χ0n) is 10.6. The standard InChI is InChI=1S/C13H15ClFN3O/c1-2-16-12(19)6-7-18-10-5-3-4-9(15)13(10)17-11(18)8-14/h3-5H,2,6-8H2,1H3,(H,16,19). The van der Waals surface area contributed by atoms with E-state index in [2.05, 4.69) is 10.3 Å². The lowest BCUT2D eigenvalue weighted by Gasteiger charge is -2.07. The number of aromatic nitrogens is 2. The van der Waals surface area contributed by atoms with Crippen LogP contribution < -0.4 is 5.32 Å². The lowest BCUT2D eigenvalue weighted by molar-refractivity contribution is -0.121. The van der Waals surface area contributed by atoms with Crippen molar-refractivity contribution in [3.63, 3.8) is 0 Å². The van der Waals surface area contributed by atoms with E-state index in [0.717, 1.165) is 0 Å². The fourth-order valence-corrected chi connectivity index (χ4v) is 2.22. The maximum absolute atomic E-state index is 13.6. The van der Waals surface area contributed by atoms with E-state index in [9.17, 15) is 9.18 Å². The number of para-hydroxylation sites is 1. The molecule has 6 heteroatoms. The number of nitrogens with zero attached hydrogens (tertiary/aromatic N) is 2. The summed E-state index contributed by atoms with van der Waals surface area (Å²) >= 11 is 5.83. The van der Waals surface area contributed by atoms with E-state index in [-0.39, 0.29) is 17.6 Å². The predicted molar refractivity (Wildman–Crippen MR) is 72.5 cm³/mol. The van der Waals surface area contributed by atoms with Crippen LogP contribution in [0.4, 0.5) is 4.39 Å². The summed E-state index contributed by atoms with van der Waals surface area (Å²) in [5.74, 6) is 0.344. The lowest BCUT2D eigenvalue weighted by Crippen LogP contribution is -2.24. The van der Waals surface area contributed by atoms with Crippen molar-refractivity contribution in [2.45, 2.75) is 25.8 Å². The number of benzene rings is 1. The van der Waals surface area contributed by atoms with Crippen LogP contribution in [0.2, 0.25) is 0 Å². The number of aryl methyl sites for hydroxylation is 1. The summed E-state index contributed by atoms with van der Waals surface area (Å²) in [6.45, 7) is 2.90. The maximum atomic E-state index is 13.6. The monoisotopic (exact) mass is 283 g/mol. The van der Waals surface area contributed by atoms with E-state index >= 15 is 0 Å². The van der Waals surface area contributed by atoms with Crippen LogP contribution in [0, 0.1) is 5.82 Å². The van der Waals surface area contributed by atoms with Crippen molar-refractivity contribution >= 4 is 28.5 Å². The smallest absolute Gasteiger partial charge is 0.221 e. The van der Waals surface area contributed by atoms with Crippen LogP contribution in [-0.4, -0.2) is 22.0 Å². The summed E-state index contributed by atoms with van der Waals surface area (Å²) < 4.78 is 15.4. The van der Waals surface area contributed by atoms with Gasteiger partial charge in [-0.2, -0.15) is 0 Å². The molecule has 2 aromatic rings. The highest BCUT2D eigenvalue weighted by Gasteiger charge is 2.13. The number of carbonyl (C=O) groups excluding carboxylic acids is 1. The fourth-order valence-electron chi connectivity index (χ4n) is 2.01. The first-order valence-electron chi connectivity index (χ1n) is 6.13. The van der Waals surface area contributed by atoms with Gasteiger partial charge in [0, 0.05) is 19.5 Å². The first-order valence-corrected chi connectivity index (χ1v) is 6.67. The molecule has 0 atom stereocenters. The molecule has 1 aromatic carbocycles. The number of fused-ring (bicyclic) bond motifs is 1. The van der Waals surface area contributed by atoms with E-state index in [1.165, 1.54) is 6.07 Å². The first kappa shape index (κ1) is 13.8. The molecule has 0 saturated heterocycles. The molecule has 0 aliphatic heterocycles. The van der Waals surface area contributed by atoms with E-state index in [0.29, 0.717) is 36.4 Å². The van der Waals surface area contributed by atoms with Gasteiger partial charge < -0.3 is 9.88 Å². The largest absolute Gasteiger partial charge is 0.356 e. The Bertz CT molecular complexity index is 597. The van der Waals surface area contributed by atoms with E-state index in [1.54, 1.807) is 16.7 Å². The van der Waals surface area contributed by atoms with Gasteiger partial charge in [-0.15, -0.1) is 11.6 Å². The van der Waals surface area contributed by atoms with Crippen molar-refractivity contribution in [1.29, 1.82) is 0 Å². The van der Waals surface area contributed by atoms with Crippen molar-refractivity contribution in [2.75, 3.05) is 6.54 Å². The lowest BCUT2D eigenvalue weighted by atomic mass is 10.3. The average molecular weight is 284 g/mol. The van der Waals surface area contributed by atoms with Gasteiger partial charge in [0.25, 0.3) is 0 Å². The predicted octanol–water partition coefficient (Wildman–Crippen LogP) is 2.44. The Morgan fingerprint density at radius 2 is 2.32 bits per heavy atom. The van der Waals surface area contributed by atoms with Crippen LogP contribution >= 0.6 is 11.6 Å². The second-order valence-corrected chi connectivity index (χ2v) is 4.39. The number of halogens is 2. The molecule has 2 rings (SSSR count). The number of carbonyl (C=O) groups is 1. The Kier molecular flexibility index (Phi) is 4.37. The van der Waals surface area contributed by atoms with Gasteiger partial charge in [-0.25, -0.2) is 9.37 Å². The summed E-state index contributed by atoms with van der Waals surface area (Å²) in [6.07, 6.45) is 0.319. The number of nitrogens with one attached hydrogen (secondary N) is 1. The molecule has 1 aromatic heterocycles. The summed E-state index contributed by atoms with van der Waals surface area (Å²) in [4.78, 5) is 15.7. The quantitative estimate of drug-likeness (QED) is 0.857. The first-order chi connectivity index (χ1) is 9.17. The number of imidazole rings is 1. The van der Waals surface area contributed by atoms with Crippen LogP contribution in [0.15, 0.2) is 18.2 Å². The number of amides is 1.